The Bertz CT molecular complexity index is 500. The Kier molecular flexibility index (Phi) is 5.63. The molecule has 0 unspecified atom stereocenters. The number of anilines is 1. The van der Waals surface area contributed by atoms with Crippen LogP contribution in [0.5, 0.6) is 0 Å². The summed E-state index contributed by atoms with van der Waals surface area (Å²) in [6, 6.07) is 17.0. The van der Waals surface area contributed by atoms with Gasteiger partial charge in [0.05, 0.1) is 0 Å². The lowest BCUT2D eigenvalue weighted by molar-refractivity contribution is 0.699. The first-order chi connectivity index (χ1) is 9.77. The third-order valence-corrected chi connectivity index (χ3v) is 3.52. The molecule has 0 amide bonds. The maximum absolute atomic E-state index is 3.52. The molecule has 0 radical (unpaired) electrons. The zero-order chi connectivity index (χ0) is 14.2. The van der Waals surface area contributed by atoms with Gasteiger partial charge in [-0.15, -0.1) is 0 Å². The molecule has 2 rings (SSSR count). The van der Waals surface area contributed by atoms with Crippen LogP contribution in [-0.2, 0) is 6.42 Å². The predicted molar refractivity (Wildman–Crippen MR) is 87.4 cm³/mol. The van der Waals surface area contributed by atoms with Gasteiger partial charge in [0.2, 0.25) is 0 Å². The van der Waals surface area contributed by atoms with Crippen LogP contribution in [0.2, 0.25) is 0 Å². The zero-order valence-corrected chi connectivity index (χ0v) is 12.4. The lowest BCUT2D eigenvalue weighted by atomic mass is 10.1. The third kappa shape index (κ3) is 4.39. The second kappa shape index (κ2) is 7.71. The normalized spacial score (nSPS) is 10.5. The minimum Gasteiger partial charge on any atom is -0.383 e. The van der Waals surface area contributed by atoms with Crippen LogP contribution in [0.1, 0.15) is 16.7 Å². The molecule has 0 fully saturated rings. The van der Waals surface area contributed by atoms with E-state index in [0.29, 0.717) is 0 Å². The van der Waals surface area contributed by atoms with Crippen LogP contribution in [0.4, 0.5) is 5.69 Å². The first-order valence-electron chi connectivity index (χ1n) is 7.32. The Morgan fingerprint density at radius 1 is 0.750 bits per heavy atom. The number of nitrogens with one attached hydrogen (secondary N) is 2. The molecule has 0 aliphatic heterocycles. The number of hydrogen-bond donors (Lipinski definition) is 2. The van der Waals surface area contributed by atoms with Crippen LogP contribution in [0.15, 0.2) is 48.5 Å². The fourth-order valence-corrected chi connectivity index (χ4v) is 2.37. The standard InChI is InChI=1S/C18H24N2/c1-15-7-6-8-16(2)18(15)20-14-13-19-12-11-17-9-4-3-5-10-17/h3-10,19-20H,11-14H2,1-2H3. The fraction of sp³-hybridized carbons (Fsp3) is 0.333. The molecule has 0 bridgehead atoms. The van der Waals surface area contributed by atoms with Gasteiger partial charge in [-0.1, -0.05) is 48.5 Å². The summed E-state index contributed by atoms with van der Waals surface area (Å²) in [5.41, 5.74) is 5.30. The highest BCUT2D eigenvalue weighted by Gasteiger charge is 2.00. The van der Waals surface area contributed by atoms with Crippen LogP contribution in [-0.4, -0.2) is 19.6 Å². The van der Waals surface area contributed by atoms with E-state index in [-0.39, 0.29) is 0 Å². The van der Waals surface area contributed by atoms with Gasteiger partial charge in [0.15, 0.2) is 0 Å². The molecule has 0 spiro atoms. The van der Waals surface area contributed by atoms with Gasteiger partial charge in [-0.2, -0.15) is 0 Å². The Hall–Kier alpha value is -1.80. The predicted octanol–water partition coefficient (Wildman–Crippen LogP) is 3.55. The third-order valence-electron chi connectivity index (χ3n) is 3.52. The number of hydrogen-bond acceptors (Lipinski definition) is 2. The Morgan fingerprint density at radius 2 is 1.45 bits per heavy atom. The molecule has 0 atom stereocenters. The molecule has 0 aromatic heterocycles. The summed E-state index contributed by atoms with van der Waals surface area (Å²) in [7, 11) is 0. The van der Waals surface area contributed by atoms with E-state index in [2.05, 4.69) is 73.0 Å². The highest BCUT2D eigenvalue weighted by molar-refractivity contribution is 5.56. The molecule has 2 aromatic carbocycles. The van der Waals surface area contributed by atoms with Crippen LogP contribution < -0.4 is 10.6 Å². The molecule has 2 aromatic rings. The van der Waals surface area contributed by atoms with Crippen molar-refractivity contribution in [3.8, 4) is 0 Å². The van der Waals surface area contributed by atoms with Crippen LogP contribution in [0, 0.1) is 13.8 Å². The Balaban J connectivity index is 1.65. The largest absolute Gasteiger partial charge is 0.383 e. The Labute approximate surface area is 122 Å². The van der Waals surface area contributed by atoms with Crippen molar-refractivity contribution in [2.45, 2.75) is 20.3 Å². The van der Waals surface area contributed by atoms with E-state index in [1.54, 1.807) is 0 Å². The van der Waals surface area contributed by atoms with Gasteiger partial charge in [-0.05, 0) is 43.5 Å². The summed E-state index contributed by atoms with van der Waals surface area (Å²) < 4.78 is 0. The minimum atomic E-state index is 0.959. The van der Waals surface area contributed by atoms with Gasteiger partial charge in [-0.3, -0.25) is 0 Å². The van der Waals surface area contributed by atoms with Gasteiger partial charge in [0.25, 0.3) is 0 Å². The average molecular weight is 268 g/mol. The molecule has 2 N–H and O–H groups in total. The highest BCUT2D eigenvalue weighted by Crippen LogP contribution is 2.18. The van der Waals surface area contributed by atoms with E-state index in [0.717, 1.165) is 26.1 Å². The highest BCUT2D eigenvalue weighted by atomic mass is 14.9. The minimum absolute atomic E-state index is 0.959. The molecule has 0 aliphatic carbocycles. The monoisotopic (exact) mass is 268 g/mol. The molecular weight excluding hydrogens is 244 g/mol. The van der Waals surface area contributed by atoms with E-state index in [1.165, 1.54) is 22.4 Å². The maximum atomic E-state index is 3.52. The number of para-hydroxylation sites is 1. The number of benzene rings is 2. The van der Waals surface area contributed by atoms with Crippen molar-refractivity contribution in [2.24, 2.45) is 0 Å². The van der Waals surface area contributed by atoms with E-state index < -0.39 is 0 Å². The zero-order valence-electron chi connectivity index (χ0n) is 12.4. The molecule has 20 heavy (non-hydrogen) atoms. The molecule has 0 saturated heterocycles. The van der Waals surface area contributed by atoms with Crippen LogP contribution in [0.3, 0.4) is 0 Å². The van der Waals surface area contributed by atoms with Crippen molar-refractivity contribution in [2.75, 3.05) is 25.0 Å². The first-order valence-corrected chi connectivity index (χ1v) is 7.32. The lowest BCUT2D eigenvalue weighted by Crippen LogP contribution is -2.24. The Morgan fingerprint density at radius 3 is 2.15 bits per heavy atom. The molecule has 0 aliphatic rings. The van der Waals surface area contributed by atoms with Crippen molar-refractivity contribution < 1.29 is 0 Å². The van der Waals surface area contributed by atoms with Crippen molar-refractivity contribution in [3.63, 3.8) is 0 Å². The first kappa shape index (κ1) is 14.6. The summed E-state index contributed by atoms with van der Waals surface area (Å²) in [6.45, 7) is 7.27. The second-order valence-corrected chi connectivity index (χ2v) is 5.18. The topological polar surface area (TPSA) is 24.1 Å². The quantitative estimate of drug-likeness (QED) is 0.750. The van der Waals surface area contributed by atoms with Gasteiger partial charge >= 0.3 is 0 Å². The average Bonchev–Trinajstić information content (AvgIpc) is 2.46. The van der Waals surface area contributed by atoms with Gasteiger partial charge < -0.3 is 10.6 Å². The van der Waals surface area contributed by atoms with E-state index >= 15 is 0 Å². The number of rotatable bonds is 7. The van der Waals surface area contributed by atoms with Gasteiger partial charge in [0.1, 0.15) is 0 Å². The van der Waals surface area contributed by atoms with Crippen molar-refractivity contribution in [3.05, 3.63) is 65.2 Å². The molecule has 0 saturated carbocycles. The molecule has 2 nitrogen and oxygen atoms in total. The summed E-state index contributed by atoms with van der Waals surface area (Å²) in [5, 5.41) is 7.00. The summed E-state index contributed by atoms with van der Waals surface area (Å²) >= 11 is 0. The van der Waals surface area contributed by atoms with E-state index in [1.807, 2.05) is 0 Å². The van der Waals surface area contributed by atoms with Gasteiger partial charge in [-0.25, -0.2) is 0 Å². The summed E-state index contributed by atoms with van der Waals surface area (Å²) in [4.78, 5) is 0. The number of aryl methyl sites for hydroxylation is 2. The molecule has 2 heteroatoms. The lowest BCUT2D eigenvalue weighted by Gasteiger charge is -2.13. The van der Waals surface area contributed by atoms with Crippen molar-refractivity contribution >= 4 is 5.69 Å². The maximum Gasteiger partial charge on any atom is 0.0400 e. The molecular formula is C18H24N2. The summed E-state index contributed by atoms with van der Waals surface area (Å²) in [5.74, 6) is 0. The van der Waals surface area contributed by atoms with Crippen LogP contribution >= 0.6 is 0 Å². The van der Waals surface area contributed by atoms with Crippen LogP contribution in [0.25, 0.3) is 0 Å². The molecule has 106 valence electrons. The summed E-state index contributed by atoms with van der Waals surface area (Å²) in [6.07, 6.45) is 1.09. The second-order valence-electron chi connectivity index (χ2n) is 5.18. The SMILES string of the molecule is Cc1cccc(C)c1NCCNCCc1ccccc1. The van der Waals surface area contributed by atoms with E-state index in [4.69, 9.17) is 0 Å². The van der Waals surface area contributed by atoms with Crippen molar-refractivity contribution in [1.82, 2.24) is 5.32 Å². The van der Waals surface area contributed by atoms with Gasteiger partial charge in [0, 0.05) is 18.8 Å². The molecule has 0 heterocycles. The van der Waals surface area contributed by atoms with E-state index in [9.17, 15) is 0 Å². The fourth-order valence-electron chi connectivity index (χ4n) is 2.37. The van der Waals surface area contributed by atoms with Crippen molar-refractivity contribution in [1.29, 1.82) is 0 Å². The smallest absolute Gasteiger partial charge is 0.0400 e.